The van der Waals surface area contributed by atoms with E-state index in [4.69, 9.17) is 11.6 Å². The highest BCUT2D eigenvalue weighted by Gasteiger charge is 2.19. The Hall–Kier alpha value is -0.650. The van der Waals surface area contributed by atoms with E-state index in [-0.39, 0.29) is 23.4 Å². The number of rotatable bonds is 9. The van der Waals surface area contributed by atoms with Gasteiger partial charge in [0.2, 0.25) is 0 Å². The van der Waals surface area contributed by atoms with Crippen LogP contribution in [0.25, 0.3) is 0 Å². The maximum absolute atomic E-state index is 14.0. The molecule has 0 amide bonds. The van der Waals surface area contributed by atoms with E-state index in [1.165, 1.54) is 6.07 Å². The number of nitrogens with one attached hydrogen (secondary N) is 1. The van der Waals surface area contributed by atoms with Gasteiger partial charge in [-0.3, -0.25) is 0 Å². The molecule has 1 unspecified atom stereocenters. The van der Waals surface area contributed by atoms with Gasteiger partial charge in [-0.2, -0.15) is 0 Å². The average molecular weight is 336 g/mol. The lowest BCUT2D eigenvalue weighted by atomic mass is 10.0. The third-order valence-corrected chi connectivity index (χ3v) is 5.50. The van der Waals surface area contributed by atoms with Gasteiger partial charge in [0.15, 0.2) is 0 Å². The first-order valence-corrected chi connectivity index (χ1v) is 9.49. The molecule has 21 heavy (non-hydrogen) atoms. The lowest BCUT2D eigenvalue weighted by Gasteiger charge is -2.20. The minimum Gasteiger partial charge on any atom is -0.310 e. The molecule has 120 valence electrons. The SMILES string of the molecule is CCCNC(CCCS(=O)(=O)CC)c1c(F)cccc1Cl. The number of benzene rings is 1. The van der Waals surface area contributed by atoms with Crippen LogP contribution >= 0.6 is 11.6 Å². The second kappa shape index (κ2) is 8.71. The molecule has 0 heterocycles. The minimum absolute atomic E-state index is 0.125. The van der Waals surface area contributed by atoms with Crippen LogP contribution < -0.4 is 5.32 Å². The highest BCUT2D eigenvalue weighted by molar-refractivity contribution is 7.91. The van der Waals surface area contributed by atoms with Crippen LogP contribution in [0.15, 0.2) is 18.2 Å². The summed E-state index contributed by atoms with van der Waals surface area (Å²) < 4.78 is 37.1. The second-order valence-corrected chi connectivity index (χ2v) is 7.90. The molecule has 1 rings (SSSR count). The fourth-order valence-electron chi connectivity index (χ4n) is 2.16. The Morgan fingerprint density at radius 3 is 2.62 bits per heavy atom. The van der Waals surface area contributed by atoms with Crippen molar-refractivity contribution in [1.82, 2.24) is 5.32 Å². The third-order valence-electron chi connectivity index (χ3n) is 3.38. The Morgan fingerprint density at radius 2 is 2.05 bits per heavy atom. The zero-order valence-corrected chi connectivity index (χ0v) is 14.1. The van der Waals surface area contributed by atoms with Crippen molar-refractivity contribution >= 4 is 21.4 Å². The predicted octanol–water partition coefficient (Wildman–Crippen LogP) is 3.73. The molecule has 3 nitrogen and oxygen atoms in total. The van der Waals surface area contributed by atoms with Gasteiger partial charge in [-0.15, -0.1) is 0 Å². The van der Waals surface area contributed by atoms with Crippen LogP contribution in [0.3, 0.4) is 0 Å². The summed E-state index contributed by atoms with van der Waals surface area (Å²) in [6.07, 6.45) is 1.94. The fourth-order valence-corrected chi connectivity index (χ4v) is 3.35. The van der Waals surface area contributed by atoms with Gasteiger partial charge in [0, 0.05) is 22.4 Å². The first-order valence-electron chi connectivity index (χ1n) is 7.29. The van der Waals surface area contributed by atoms with Crippen molar-refractivity contribution in [2.45, 2.75) is 39.2 Å². The highest BCUT2D eigenvalue weighted by Crippen LogP contribution is 2.29. The summed E-state index contributed by atoms with van der Waals surface area (Å²) in [4.78, 5) is 0. The van der Waals surface area contributed by atoms with E-state index in [9.17, 15) is 12.8 Å². The lowest BCUT2D eigenvalue weighted by Crippen LogP contribution is -2.24. The third kappa shape index (κ3) is 5.93. The van der Waals surface area contributed by atoms with Crippen molar-refractivity contribution in [2.75, 3.05) is 18.1 Å². The zero-order valence-electron chi connectivity index (χ0n) is 12.5. The van der Waals surface area contributed by atoms with Crippen molar-refractivity contribution in [3.05, 3.63) is 34.6 Å². The molecule has 6 heteroatoms. The lowest BCUT2D eigenvalue weighted by molar-refractivity contribution is 0.469. The van der Waals surface area contributed by atoms with Crippen LogP contribution in [0.4, 0.5) is 4.39 Å². The number of sulfone groups is 1. The normalized spacial score (nSPS) is 13.3. The molecule has 0 aromatic heterocycles. The first-order chi connectivity index (χ1) is 9.91. The smallest absolute Gasteiger partial charge is 0.150 e. The maximum atomic E-state index is 14.0. The maximum Gasteiger partial charge on any atom is 0.150 e. The summed E-state index contributed by atoms with van der Waals surface area (Å²) in [7, 11) is -2.99. The molecule has 0 saturated heterocycles. The van der Waals surface area contributed by atoms with Crippen molar-refractivity contribution in [3.8, 4) is 0 Å². The van der Waals surface area contributed by atoms with Gasteiger partial charge in [0.1, 0.15) is 15.7 Å². The number of hydrogen-bond donors (Lipinski definition) is 1. The molecule has 1 aromatic carbocycles. The van der Waals surface area contributed by atoms with Gasteiger partial charge in [-0.05, 0) is 37.9 Å². The van der Waals surface area contributed by atoms with E-state index >= 15 is 0 Å². The summed E-state index contributed by atoms with van der Waals surface area (Å²) in [6, 6.07) is 4.35. The molecular formula is C15H23ClFNO2S. The molecule has 0 fully saturated rings. The van der Waals surface area contributed by atoms with E-state index < -0.39 is 9.84 Å². The van der Waals surface area contributed by atoms with Crippen LogP contribution in [-0.2, 0) is 9.84 Å². The van der Waals surface area contributed by atoms with E-state index in [2.05, 4.69) is 5.32 Å². The van der Waals surface area contributed by atoms with Crippen molar-refractivity contribution in [2.24, 2.45) is 0 Å². The van der Waals surface area contributed by atoms with E-state index in [0.29, 0.717) is 23.4 Å². The summed E-state index contributed by atoms with van der Waals surface area (Å²) in [5.41, 5.74) is 0.432. The largest absolute Gasteiger partial charge is 0.310 e. The predicted molar refractivity (Wildman–Crippen MR) is 86.0 cm³/mol. The van der Waals surface area contributed by atoms with Crippen molar-refractivity contribution in [3.63, 3.8) is 0 Å². The van der Waals surface area contributed by atoms with Crippen LogP contribution in [0, 0.1) is 5.82 Å². The van der Waals surface area contributed by atoms with E-state index in [0.717, 1.165) is 13.0 Å². The molecule has 0 aliphatic carbocycles. The Labute approximate surface area is 131 Å². The van der Waals surface area contributed by atoms with Crippen molar-refractivity contribution < 1.29 is 12.8 Å². The molecule has 0 saturated carbocycles. The Morgan fingerprint density at radius 1 is 1.33 bits per heavy atom. The molecule has 0 aliphatic heterocycles. The molecule has 0 bridgehead atoms. The van der Waals surface area contributed by atoms with Crippen LogP contribution in [0.5, 0.6) is 0 Å². The van der Waals surface area contributed by atoms with E-state index in [1.807, 2.05) is 6.92 Å². The summed E-state index contributed by atoms with van der Waals surface area (Å²) in [5, 5.41) is 3.63. The monoisotopic (exact) mass is 335 g/mol. The fraction of sp³-hybridized carbons (Fsp3) is 0.600. The zero-order chi connectivity index (χ0) is 15.9. The Balaban J connectivity index is 2.81. The summed E-state index contributed by atoms with van der Waals surface area (Å²) in [6.45, 7) is 4.39. The average Bonchev–Trinajstić information content (AvgIpc) is 2.43. The first kappa shape index (κ1) is 18.4. The molecule has 1 aromatic rings. The van der Waals surface area contributed by atoms with Crippen molar-refractivity contribution in [1.29, 1.82) is 0 Å². The van der Waals surface area contributed by atoms with Gasteiger partial charge in [0.25, 0.3) is 0 Å². The molecule has 0 spiro atoms. The Kier molecular flexibility index (Phi) is 7.63. The van der Waals surface area contributed by atoms with Gasteiger partial charge >= 0.3 is 0 Å². The van der Waals surface area contributed by atoms with Gasteiger partial charge in [-0.1, -0.05) is 31.5 Å². The molecular weight excluding hydrogens is 313 g/mol. The minimum atomic E-state index is -2.99. The summed E-state index contributed by atoms with van der Waals surface area (Å²) in [5.74, 6) is -0.0881. The van der Waals surface area contributed by atoms with Gasteiger partial charge in [0.05, 0.1) is 5.75 Å². The standard InChI is InChI=1S/C15H23ClFNO2S/c1-3-10-18-14(9-6-11-21(19,20)4-2)15-12(16)7-5-8-13(15)17/h5,7-8,14,18H,3-4,6,9-11H2,1-2H3. The van der Waals surface area contributed by atoms with E-state index in [1.54, 1.807) is 19.1 Å². The molecule has 1 N–H and O–H groups in total. The van der Waals surface area contributed by atoms with Crippen LogP contribution in [0.1, 0.15) is 44.7 Å². The molecule has 0 radical (unpaired) electrons. The second-order valence-electron chi connectivity index (χ2n) is 5.02. The highest BCUT2D eigenvalue weighted by atomic mass is 35.5. The summed E-state index contributed by atoms with van der Waals surface area (Å²) >= 11 is 6.10. The number of halogens is 2. The topological polar surface area (TPSA) is 46.2 Å². The van der Waals surface area contributed by atoms with Crippen LogP contribution in [0.2, 0.25) is 5.02 Å². The van der Waals surface area contributed by atoms with Gasteiger partial charge in [-0.25, -0.2) is 12.8 Å². The quantitative estimate of drug-likeness (QED) is 0.747. The Bertz CT molecular complexity index is 528. The van der Waals surface area contributed by atoms with Crippen LogP contribution in [-0.4, -0.2) is 26.5 Å². The molecule has 0 aliphatic rings. The molecule has 1 atom stereocenters. The van der Waals surface area contributed by atoms with Gasteiger partial charge < -0.3 is 5.32 Å². The number of hydrogen-bond acceptors (Lipinski definition) is 3.